The molecule has 1 aliphatic carbocycles. The molecule has 1 unspecified atom stereocenters. The number of fused-ring (bicyclic) bond motifs is 1. The molecule has 1 saturated carbocycles. The summed E-state index contributed by atoms with van der Waals surface area (Å²) in [5.41, 5.74) is 3.02. The van der Waals surface area contributed by atoms with E-state index in [9.17, 15) is 9.59 Å². The van der Waals surface area contributed by atoms with E-state index in [4.69, 9.17) is 9.47 Å². The summed E-state index contributed by atoms with van der Waals surface area (Å²) >= 11 is 3.50. The van der Waals surface area contributed by atoms with Gasteiger partial charge in [-0.25, -0.2) is 0 Å². The summed E-state index contributed by atoms with van der Waals surface area (Å²) in [6.07, 6.45) is 6.77. The number of nitrogens with one attached hydrogen (secondary N) is 1. The molecule has 3 aromatic carbocycles. The van der Waals surface area contributed by atoms with Crippen molar-refractivity contribution in [1.82, 2.24) is 10.2 Å². The van der Waals surface area contributed by atoms with Gasteiger partial charge in [0, 0.05) is 29.9 Å². The van der Waals surface area contributed by atoms with Gasteiger partial charge in [-0.3, -0.25) is 9.59 Å². The molecule has 5 rings (SSSR count). The maximum Gasteiger partial charge on any atom is 0.243 e. The Morgan fingerprint density at radius 1 is 0.872 bits per heavy atom. The molecule has 0 aromatic heterocycles. The highest BCUT2D eigenvalue weighted by Gasteiger charge is 2.32. The van der Waals surface area contributed by atoms with E-state index in [1.165, 1.54) is 6.42 Å². The van der Waals surface area contributed by atoms with E-state index in [1.54, 1.807) is 4.90 Å². The highest BCUT2D eigenvalue weighted by molar-refractivity contribution is 9.10. The molecular weight excluding hydrogens is 556 g/mol. The van der Waals surface area contributed by atoms with Crippen LogP contribution >= 0.6 is 15.9 Å². The fourth-order valence-corrected chi connectivity index (χ4v) is 5.64. The molecule has 1 fully saturated rings. The monoisotopic (exact) mass is 590 g/mol. The van der Waals surface area contributed by atoms with Gasteiger partial charge < -0.3 is 19.7 Å². The van der Waals surface area contributed by atoms with E-state index in [1.807, 2.05) is 72.8 Å². The van der Waals surface area contributed by atoms with Gasteiger partial charge in [-0.15, -0.1) is 0 Å². The summed E-state index contributed by atoms with van der Waals surface area (Å²) in [4.78, 5) is 29.6. The Hall–Kier alpha value is -3.32. The third-order valence-corrected chi connectivity index (χ3v) is 8.08. The van der Waals surface area contributed by atoms with E-state index in [0.717, 1.165) is 52.6 Å². The quantitative estimate of drug-likeness (QED) is 0.305. The van der Waals surface area contributed by atoms with Crippen LogP contribution in [0.15, 0.2) is 77.3 Å². The van der Waals surface area contributed by atoms with Gasteiger partial charge in [0.1, 0.15) is 6.04 Å². The summed E-state index contributed by atoms with van der Waals surface area (Å²) in [5.74, 6) is 1.32. The van der Waals surface area contributed by atoms with Gasteiger partial charge in [-0.1, -0.05) is 83.7 Å². The average Bonchev–Trinajstić information content (AvgIpc) is 3.44. The molecule has 1 atom stereocenters. The second kappa shape index (κ2) is 13.2. The molecule has 1 aliphatic heterocycles. The number of aryl methyl sites for hydroxylation is 1. The van der Waals surface area contributed by atoms with Crippen molar-refractivity contribution in [2.24, 2.45) is 0 Å². The van der Waals surface area contributed by atoms with Gasteiger partial charge in [0.05, 0.1) is 0 Å². The zero-order valence-electron chi connectivity index (χ0n) is 22.1. The van der Waals surface area contributed by atoms with Crippen LogP contribution in [0, 0.1) is 0 Å². The normalized spacial score (nSPS) is 15.5. The third kappa shape index (κ3) is 7.41. The lowest BCUT2D eigenvalue weighted by Gasteiger charge is -2.33. The van der Waals surface area contributed by atoms with Crippen molar-refractivity contribution in [1.29, 1.82) is 0 Å². The first-order valence-electron chi connectivity index (χ1n) is 13.8. The SMILES string of the molecule is O=C(NC1CCCCC1)C(Cc1ccccc1)N(Cc1ccc(Br)cc1)C(=O)CCc1ccc2c(c1)OCO2. The van der Waals surface area contributed by atoms with Gasteiger partial charge in [0.2, 0.25) is 18.6 Å². The summed E-state index contributed by atoms with van der Waals surface area (Å²) in [6.45, 7) is 0.582. The lowest BCUT2D eigenvalue weighted by molar-refractivity contribution is -0.141. The van der Waals surface area contributed by atoms with Gasteiger partial charge in [0.15, 0.2) is 11.5 Å². The number of amides is 2. The van der Waals surface area contributed by atoms with Crippen LogP contribution in [0.5, 0.6) is 11.5 Å². The summed E-state index contributed by atoms with van der Waals surface area (Å²) < 4.78 is 11.9. The predicted molar refractivity (Wildman–Crippen MR) is 155 cm³/mol. The lowest BCUT2D eigenvalue weighted by atomic mass is 9.94. The van der Waals surface area contributed by atoms with Crippen LogP contribution in [-0.2, 0) is 29.0 Å². The fraction of sp³-hybridized carbons (Fsp3) is 0.375. The molecular formula is C32H35BrN2O4. The Bertz CT molecular complexity index is 1260. The molecule has 1 N–H and O–H groups in total. The molecule has 0 radical (unpaired) electrons. The summed E-state index contributed by atoms with van der Waals surface area (Å²) in [5, 5.41) is 3.30. The smallest absolute Gasteiger partial charge is 0.243 e. The maximum atomic E-state index is 13.9. The van der Waals surface area contributed by atoms with Crippen molar-refractivity contribution in [3.63, 3.8) is 0 Å². The number of halogens is 1. The lowest BCUT2D eigenvalue weighted by Crippen LogP contribution is -2.52. The number of carbonyl (C=O) groups excluding carboxylic acids is 2. The summed E-state index contributed by atoms with van der Waals surface area (Å²) in [7, 11) is 0. The minimum atomic E-state index is -0.609. The van der Waals surface area contributed by atoms with Crippen LogP contribution in [0.2, 0.25) is 0 Å². The van der Waals surface area contributed by atoms with E-state index < -0.39 is 6.04 Å². The molecule has 3 aromatic rings. The van der Waals surface area contributed by atoms with Crippen molar-refractivity contribution in [2.75, 3.05) is 6.79 Å². The molecule has 39 heavy (non-hydrogen) atoms. The highest BCUT2D eigenvalue weighted by Crippen LogP contribution is 2.33. The second-order valence-corrected chi connectivity index (χ2v) is 11.3. The van der Waals surface area contributed by atoms with Crippen molar-refractivity contribution < 1.29 is 19.1 Å². The van der Waals surface area contributed by atoms with Crippen molar-refractivity contribution in [3.05, 3.63) is 94.0 Å². The van der Waals surface area contributed by atoms with Crippen molar-refractivity contribution >= 4 is 27.7 Å². The number of rotatable bonds is 10. The first-order valence-corrected chi connectivity index (χ1v) is 14.6. The zero-order chi connectivity index (χ0) is 27.0. The van der Waals surface area contributed by atoms with Crippen LogP contribution in [-0.4, -0.2) is 35.6 Å². The number of ether oxygens (including phenoxy) is 2. The molecule has 6 nitrogen and oxygen atoms in total. The molecule has 204 valence electrons. The van der Waals surface area contributed by atoms with E-state index >= 15 is 0 Å². The Balaban J connectivity index is 1.39. The minimum Gasteiger partial charge on any atom is -0.454 e. The number of carbonyl (C=O) groups is 2. The Morgan fingerprint density at radius 2 is 1.59 bits per heavy atom. The molecule has 2 aliphatic rings. The number of benzene rings is 3. The maximum absolute atomic E-state index is 13.9. The van der Waals surface area contributed by atoms with Crippen molar-refractivity contribution in [2.45, 2.75) is 70.0 Å². The van der Waals surface area contributed by atoms with E-state index in [2.05, 4.69) is 21.2 Å². The van der Waals surface area contributed by atoms with Gasteiger partial charge in [0.25, 0.3) is 0 Å². The van der Waals surface area contributed by atoms with E-state index in [-0.39, 0.29) is 31.1 Å². The second-order valence-electron chi connectivity index (χ2n) is 10.4. The first-order chi connectivity index (χ1) is 19.0. The van der Waals surface area contributed by atoms with Gasteiger partial charge in [-0.05, 0) is 60.2 Å². The van der Waals surface area contributed by atoms with Crippen molar-refractivity contribution in [3.8, 4) is 11.5 Å². The van der Waals surface area contributed by atoms with Crippen LogP contribution < -0.4 is 14.8 Å². The summed E-state index contributed by atoms with van der Waals surface area (Å²) in [6, 6.07) is 23.3. The molecule has 0 spiro atoms. The van der Waals surface area contributed by atoms with Crippen LogP contribution in [0.1, 0.15) is 55.2 Å². The van der Waals surface area contributed by atoms with E-state index in [0.29, 0.717) is 25.1 Å². The molecule has 0 saturated heterocycles. The predicted octanol–water partition coefficient (Wildman–Crippen LogP) is 6.20. The Kier molecular flexibility index (Phi) is 9.19. The van der Waals surface area contributed by atoms with Crippen LogP contribution in [0.4, 0.5) is 0 Å². The topological polar surface area (TPSA) is 67.9 Å². The fourth-order valence-electron chi connectivity index (χ4n) is 5.38. The molecule has 0 bridgehead atoms. The average molecular weight is 592 g/mol. The minimum absolute atomic E-state index is 0.0460. The molecule has 7 heteroatoms. The zero-order valence-corrected chi connectivity index (χ0v) is 23.7. The van der Waals surface area contributed by atoms with Crippen LogP contribution in [0.3, 0.4) is 0 Å². The number of nitrogens with zero attached hydrogens (tertiary/aromatic N) is 1. The number of hydrogen-bond donors (Lipinski definition) is 1. The number of hydrogen-bond acceptors (Lipinski definition) is 4. The molecule has 1 heterocycles. The largest absolute Gasteiger partial charge is 0.454 e. The molecule has 2 amide bonds. The van der Waals surface area contributed by atoms with Gasteiger partial charge >= 0.3 is 0 Å². The standard InChI is InChI=1S/C32H35BrN2O4/c33-26-15-11-25(12-16-26)21-35(31(36)18-14-24-13-17-29-30(20-24)39-22-38-29)28(19-23-7-3-1-4-8-23)32(37)34-27-9-5-2-6-10-27/h1,3-4,7-8,11-13,15-17,20,27-28H,2,5-6,9-10,14,18-19,21-22H2,(H,34,37). The van der Waals surface area contributed by atoms with Gasteiger partial charge in [-0.2, -0.15) is 0 Å². The third-order valence-electron chi connectivity index (χ3n) is 7.55. The first kappa shape index (κ1) is 27.3. The Morgan fingerprint density at radius 3 is 2.36 bits per heavy atom. The Labute approximate surface area is 238 Å². The van der Waals surface area contributed by atoms with Crippen LogP contribution in [0.25, 0.3) is 0 Å². The highest BCUT2D eigenvalue weighted by atomic mass is 79.9.